The monoisotopic (exact) mass is 460 g/mol. The summed E-state index contributed by atoms with van der Waals surface area (Å²) in [6.07, 6.45) is 0. The SMILES string of the molecule is O=C(Oc1ccc(I)cc1)c1cccc(OCCOc2ccccc2)c1. The van der Waals surface area contributed by atoms with Crippen LogP contribution in [0.4, 0.5) is 0 Å². The maximum Gasteiger partial charge on any atom is 0.343 e. The highest BCUT2D eigenvalue weighted by Gasteiger charge is 2.10. The third kappa shape index (κ3) is 5.49. The normalized spacial score (nSPS) is 10.2. The van der Waals surface area contributed by atoms with Crippen molar-refractivity contribution in [3.8, 4) is 17.2 Å². The zero-order valence-corrected chi connectivity index (χ0v) is 16.1. The van der Waals surface area contributed by atoms with Crippen LogP contribution in [0.2, 0.25) is 0 Å². The summed E-state index contributed by atoms with van der Waals surface area (Å²) in [6, 6.07) is 23.8. The molecule has 0 radical (unpaired) electrons. The lowest BCUT2D eigenvalue weighted by Crippen LogP contribution is -2.11. The van der Waals surface area contributed by atoms with E-state index in [0.717, 1.165) is 9.32 Å². The lowest BCUT2D eigenvalue weighted by Gasteiger charge is -2.09. The van der Waals surface area contributed by atoms with Gasteiger partial charge in [-0.25, -0.2) is 4.79 Å². The fourth-order valence-electron chi connectivity index (χ4n) is 2.22. The molecule has 0 unspecified atom stereocenters. The van der Waals surface area contributed by atoms with Crippen molar-refractivity contribution in [3.63, 3.8) is 0 Å². The first-order valence-corrected chi connectivity index (χ1v) is 9.17. The summed E-state index contributed by atoms with van der Waals surface area (Å²) in [6.45, 7) is 0.797. The van der Waals surface area contributed by atoms with E-state index < -0.39 is 5.97 Å². The Morgan fingerprint density at radius 2 is 1.38 bits per heavy atom. The molecule has 3 aromatic carbocycles. The summed E-state index contributed by atoms with van der Waals surface area (Å²) in [7, 11) is 0. The molecule has 0 aliphatic heterocycles. The van der Waals surface area contributed by atoms with Crippen LogP contribution in [0, 0.1) is 3.57 Å². The number of halogens is 1. The molecular formula is C21H17IO4. The summed E-state index contributed by atoms with van der Waals surface area (Å²) < 4.78 is 17.7. The summed E-state index contributed by atoms with van der Waals surface area (Å²) in [5.41, 5.74) is 0.435. The third-order valence-corrected chi connectivity index (χ3v) is 4.18. The van der Waals surface area contributed by atoms with Crippen molar-refractivity contribution in [2.24, 2.45) is 0 Å². The number of para-hydroxylation sites is 1. The van der Waals surface area contributed by atoms with E-state index >= 15 is 0 Å². The van der Waals surface area contributed by atoms with E-state index in [-0.39, 0.29) is 0 Å². The van der Waals surface area contributed by atoms with Crippen molar-refractivity contribution in [3.05, 3.63) is 88.0 Å². The van der Waals surface area contributed by atoms with Crippen molar-refractivity contribution in [2.45, 2.75) is 0 Å². The number of esters is 1. The number of carbonyl (C=O) groups excluding carboxylic acids is 1. The van der Waals surface area contributed by atoms with Crippen molar-refractivity contribution >= 4 is 28.6 Å². The Hall–Kier alpha value is -2.54. The van der Waals surface area contributed by atoms with E-state index in [2.05, 4.69) is 22.6 Å². The molecule has 0 spiro atoms. The smallest absolute Gasteiger partial charge is 0.343 e. The molecule has 26 heavy (non-hydrogen) atoms. The molecule has 3 rings (SSSR count). The summed E-state index contributed by atoms with van der Waals surface area (Å²) in [5, 5.41) is 0. The Labute approximate surface area is 165 Å². The van der Waals surface area contributed by atoms with Crippen LogP contribution in [0.25, 0.3) is 0 Å². The fourth-order valence-corrected chi connectivity index (χ4v) is 2.58. The molecule has 3 aromatic rings. The highest BCUT2D eigenvalue weighted by molar-refractivity contribution is 14.1. The van der Waals surface area contributed by atoms with Gasteiger partial charge in [-0.1, -0.05) is 24.3 Å². The van der Waals surface area contributed by atoms with Crippen LogP contribution in [-0.4, -0.2) is 19.2 Å². The number of hydrogen-bond donors (Lipinski definition) is 0. The number of ether oxygens (including phenoxy) is 3. The second-order valence-corrected chi connectivity index (χ2v) is 6.63. The second-order valence-electron chi connectivity index (χ2n) is 5.38. The van der Waals surface area contributed by atoms with Gasteiger partial charge in [0.1, 0.15) is 30.5 Å². The molecule has 0 fully saturated rings. The van der Waals surface area contributed by atoms with Gasteiger partial charge in [0.2, 0.25) is 0 Å². The Bertz CT molecular complexity index is 847. The minimum atomic E-state index is -0.419. The van der Waals surface area contributed by atoms with E-state index in [9.17, 15) is 4.79 Å². The first-order chi connectivity index (χ1) is 12.7. The molecule has 0 aromatic heterocycles. The van der Waals surface area contributed by atoms with Gasteiger partial charge in [0.15, 0.2) is 0 Å². The van der Waals surface area contributed by atoms with Crippen LogP contribution >= 0.6 is 22.6 Å². The number of rotatable bonds is 7. The number of benzene rings is 3. The molecule has 0 heterocycles. The number of hydrogen-bond acceptors (Lipinski definition) is 4. The van der Waals surface area contributed by atoms with Crippen LogP contribution in [0.3, 0.4) is 0 Å². The van der Waals surface area contributed by atoms with Crippen molar-refractivity contribution in [1.82, 2.24) is 0 Å². The molecule has 132 valence electrons. The molecule has 0 amide bonds. The van der Waals surface area contributed by atoms with Crippen molar-refractivity contribution in [1.29, 1.82) is 0 Å². The molecule has 0 aliphatic carbocycles. The molecule has 0 saturated carbocycles. The zero-order chi connectivity index (χ0) is 18.2. The van der Waals surface area contributed by atoms with E-state index in [1.807, 2.05) is 42.5 Å². The first-order valence-electron chi connectivity index (χ1n) is 8.09. The van der Waals surface area contributed by atoms with Gasteiger partial charge < -0.3 is 14.2 Å². The topological polar surface area (TPSA) is 44.8 Å². The maximum atomic E-state index is 12.3. The molecule has 0 atom stereocenters. The summed E-state index contributed by atoms with van der Waals surface area (Å²) >= 11 is 2.20. The summed E-state index contributed by atoms with van der Waals surface area (Å²) in [4.78, 5) is 12.3. The van der Waals surface area contributed by atoms with E-state index in [0.29, 0.717) is 30.3 Å². The van der Waals surface area contributed by atoms with Crippen LogP contribution in [0.15, 0.2) is 78.9 Å². The fraction of sp³-hybridized carbons (Fsp3) is 0.0952. The predicted octanol–water partition coefficient (Wildman–Crippen LogP) is 4.97. The maximum absolute atomic E-state index is 12.3. The largest absolute Gasteiger partial charge is 0.490 e. The average molecular weight is 460 g/mol. The molecule has 0 bridgehead atoms. The molecule has 5 heteroatoms. The Morgan fingerprint density at radius 1 is 0.731 bits per heavy atom. The van der Waals surface area contributed by atoms with Crippen LogP contribution in [-0.2, 0) is 0 Å². The predicted molar refractivity (Wildman–Crippen MR) is 108 cm³/mol. The number of carbonyl (C=O) groups is 1. The molecule has 0 N–H and O–H groups in total. The Morgan fingerprint density at radius 3 is 2.12 bits per heavy atom. The van der Waals surface area contributed by atoms with Gasteiger partial charge in [0.05, 0.1) is 5.56 Å². The second kappa shape index (κ2) is 9.24. The van der Waals surface area contributed by atoms with Gasteiger partial charge >= 0.3 is 5.97 Å². The van der Waals surface area contributed by atoms with Gasteiger partial charge in [-0.3, -0.25) is 0 Å². The van der Waals surface area contributed by atoms with Gasteiger partial charge in [-0.05, 0) is 77.2 Å². The van der Waals surface area contributed by atoms with E-state index in [1.165, 1.54) is 0 Å². The summed E-state index contributed by atoms with van der Waals surface area (Å²) in [5.74, 6) is 1.49. The van der Waals surface area contributed by atoms with Crippen LogP contribution < -0.4 is 14.2 Å². The lowest BCUT2D eigenvalue weighted by molar-refractivity contribution is 0.0734. The van der Waals surface area contributed by atoms with Gasteiger partial charge in [-0.2, -0.15) is 0 Å². The molecular weight excluding hydrogens is 443 g/mol. The highest BCUT2D eigenvalue weighted by Crippen LogP contribution is 2.18. The molecule has 0 aliphatic rings. The lowest BCUT2D eigenvalue weighted by atomic mass is 10.2. The standard InChI is InChI=1S/C21H17IO4/c22-17-9-11-19(12-10-17)26-21(23)16-5-4-8-20(15-16)25-14-13-24-18-6-2-1-3-7-18/h1-12,15H,13-14H2. The van der Waals surface area contributed by atoms with Gasteiger partial charge in [0.25, 0.3) is 0 Å². The highest BCUT2D eigenvalue weighted by atomic mass is 127. The molecule has 4 nitrogen and oxygen atoms in total. The Balaban J connectivity index is 1.52. The van der Waals surface area contributed by atoms with E-state index in [1.54, 1.807) is 36.4 Å². The average Bonchev–Trinajstić information content (AvgIpc) is 2.68. The van der Waals surface area contributed by atoms with Crippen molar-refractivity contribution < 1.29 is 19.0 Å². The quantitative estimate of drug-likeness (QED) is 0.216. The van der Waals surface area contributed by atoms with Gasteiger partial charge in [0, 0.05) is 3.57 Å². The third-order valence-electron chi connectivity index (χ3n) is 3.46. The minimum absolute atomic E-state index is 0.379. The zero-order valence-electron chi connectivity index (χ0n) is 13.9. The van der Waals surface area contributed by atoms with Crippen molar-refractivity contribution in [2.75, 3.05) is 13.2 Å². The van der Waals surface area contributed by atoms with Gasteiger partial charge in [-0.15, -0.1) is 0 Å². The Kier molecular flexibility index (Phi) is 6.49. The van der Waals surface area contributed by atoms with Crippen LogP contribution in [0.1, 0.15) is 10.4 Å². The molecule has 0 saturated heterocycles. The first kappa shape index (κ1) is 18.3. The minimum Gasteiger partial charge on any atom is -0.490 e. The van der Waals surface area contributed by atoms with E-state index in [4.69, 9.17) is 14.2 Å². The van der Waals surface area contributed by atoms with Crippen LogP contribution in [0.5, 0.6) is 17.2 Å².